The zero-order chi connectivity index (χ0) is 17.8. The molecule has 3 nitrogen and oxygen atoms in total. The topological polar surface area (TPSA) is 25.2 Å². The van der Waals surface area contributed by atoms with E-state index >= 15 is 0 Å². The largest absolute Gasteiger partial charge is 0.339 e. The van der Waals surface area contributed by atoms with Gasteiger partial charge in [-0.05, 0) is 76.0 Å². The SMILES string of the molecule is CC.CC[C@@]12CCCN3CCc4c5c(n(c4[C@]31C)CC2=O)CCC[CH]5. The normalized spacial score (nSPS) is 33.2. The van der Waals surface area contributed by atoms with Gasteiger partial charge in [0.15, 0.2) is 5.78 Å². The number of fused-ring (bicyclic) bond motifs is 3. The number of carbonyl (C=O) groups is 1. The Morgan fingerprint density at radius 3 is 2.72 bits per heavy atom. The minimum absolute atomic E-state index is 0.0753. The molecule has 0 unspecified atom stereocenters. The minimum atomic E-state index is -0.155. The van der Waals surface area contributed by atoms with Crippen molar-refractivity contribution >= 4 is 5.78 Å². The molecular weight excluding hydrogens is 308 g/mol. The van der Waals surface area contributed by atoms with Gasteiger partial charge >= 0.3 is 0 Å². The Kier molecular flexibility index (Phi) is 4.14. The van der Waals surface area contributed by atoms with Crippen molar-refractivity contribution in [2.75, 3.05) is 13.1 Å². The molecule has 5 rings (SSSR count). The zero-order valence-corrected chi connectivity index (χ0v) is 16.5. The molecular formula is C22H33N2O. The fraction of sp³-hybridized carbons (Fsp3) is 0.727. The van der Waals surface area contributed by atoms with E-state index in [0.29, 0.717) is 12.3 Å². The first-order valence-electron chi connectivity index (χ1n) is 10.5. The number of ketones is 1. The lowest BCUT2D eigenvalue weighted by molar-refractivity contribution is -0.156. The van der Waals surface area contributed by atoms with Gasteiger partial charge in [0.05, 0.1) is 17.5 Å². The van der Waals surface area contributed by atoms with Gasteiger partial charge < -0.3 is 4.57 Å². The highest BCUT2D eigenvalue weighted by atomic mass is 16.1. The maximum absolute atomic E-state index is 13.4. The second-order valence-electron chi connectivity index (χ2n) is 8.14. The van der Waals surface area contributed by atoms with Crippen molar-refractivity contribution in [2.45, 2.75) is 84.7 Å². The maximum atomic E-state index is 13.4. The zero-order valence-electron chi connectivity index (χ0n) is 16.5. The quantitative estimate of drug-likeness (QED) is 0.763. The van der Waals surface area contributed by atoms with Gasteiger partial charge in [-0.25, -0.2) is 0 Å². The molecule has 1 aliphatic carbocycles. The lowest BCUT2D eigenvalue weighted by Gasteiger charge is -2.61. The number of carbonyl (C=O) groups excluding carboxylic acids is 1. The predicted molar refractivity (Wildman–Crippen MR) is 102 cm³/mol. The van der Waals surface area contributed by atoms with E-state index in [1.807, 2.05) is 13.8 Å². The molecule has 4 aliphatic rings. The molecule has 0 amide bonds. The number of hydrogen-bond acceptors (Lipinski definition) is 2. The molecule has 1 aromatic rings. The highest BCUT2D eigenvalue weighted by molar-refractivity contribution is 5.88. The summed E-state index contributed by atoms with van der Waals surface area (Å²) in [5, 5.41) is 0. The summed E-state index contributed by atoms with van der Waals surface area (Å²) < 4.78 is 2.45. The Bertz CT molecular complexity index is 703. The second-order valence-corrected chi connectivity index (χ2v) is 8.14. The molecule has 1 fully saturated rings. The molecule has 0 N–H and O–H groups in total. The van der Waals surface area contributed by atoms with E-state index < -0.39 is 0 Å². The van der Waals surface area contributed by atoms with Gasteiger partial charge in [0.1, 0.15) is 0 Å². The van der Waals surface area contributed by atoms with Crippen LogP contribution in [0.1, 0.15) is 82.3 Å². The molecule has 1 aromatic heterocycles. The summed E-state index contributed by atoms with van der Waals surface area (Å²) >= 11 is 0. The average Bonchev–Trinajstić information content (AvgIpc) is 2.97. The molecule has 2 atom stereocenters. The molecule has 0 bridgehead atoms. The summed E-state index contributed by atoms with van der Waals surface area (Å²) in [7, 11) is 0. The van der Waals surface area contributed by atoms with Crippen LogP contribution in [0.4, 0.5) is 0 Å². The van der Waals surface area contributed by atoms with Crippen molar-refractivity contribution in [3.63, 3.8) is 0 Å². The summed E-state index contributed by atoms with van der Waals surface area (Å²) in [5.74, 6) is 0.497. The fourth-order valence-electron chi connectivity index (χ4n) is 6.48. The van der Waals surface area contributed by atoms with Crippen molar-refractivity contribution < 1.29 is 4.79 Å². The van der Waals surface area contributed by atoms with Crippen LogP contribution in [0.3, 0.4) is 0 Å². The van der Waals surface area contributed by atoms with Crippen LogP contribution in [0.2, 0.25) is 0 Å². The van der Waals surface area contributed by atoms with E-state index in [-0.39, 0.29) is 11.0 Å². The van der Waals surface area contributed by atoms with Gasteiger partial charge in [-0.1, -0.05) is 20.8 Å². The van der Waals surface area contributed by atoms with Crippen LogP contribution in [-0.2, 0) is 29.7 Å². The number of Topliss-reactive ketones (excluding diaryl/α,β-unsaturated/α-hetero) is 1. The monoisotopic (exact) mass is 341 g/mol. The molecule has 25 heavy (non-hydrogen) atoms. The number of nitrogens with zero attached hydrogens (tertiary/aromatic N) is 2. The Morgan fingerprint density at radius 1 is 1.16 bits per heavy atom. The van der Waals surface area contributed by atoms with E-state index in [0.717, 1.165) is 32.4 Å². The van der Waals surface area contributed by atoms with E-state index in [1.165, 1.54) is 42.6 Å². The Hall–Kier alpha value is -1.09. The van der Waals surface area contributed by atoms with Crippen molar-refractivity contribution in [1.82, 2.24) is 9.47 Å². The van der Waals surface area contributed by atoms with Gasteiger partial charge in [0.2, 0.25) is 0 Å². The molecule has 0 saturated carbocycles. The lowest BCUT2D eigenvalue weighted by atomic mass is 9.56. The van der Waals surface area contributed by atoms with Crippen LogP contribution in [0.5, 0.6) is 0 Å². The van der Waals surface area contributed by atoms with Crippen LogP contribution in [0, 0.1) is 11.8 Å². The minimum Gasteiger partial charge on any atom is -0.339 e. The number of piperidine rings is 1. The fourth-order valence-corrected chi connectivity index (χ4v) is 6.48. The second kappa shape index (κ2) is 5.97. The van der Waals surface area contributed by atoms with Gasteiger partial charge in [-0.3, -0.25) is 9.69 Å². The van der Waals surface area contributed by atoms with Crippen LogP contribution in [0.25, 0.3) is 0 Å². The van der Waals surface area contributed by atoms with E-state index in [9.17, 15) is 4.79 Å². The van der Waals surface area contributed by atoms with E-state index in [4.69, 9.17) is 0 Å². The highest BCUT2D eigenvalue weighted by Crippen LogP contribution is 2.59. The van der Waals surface area contributed by atoms with Gasteiger partial charge in [0, 0.05) is 17.9 Å². The molecule has 0 spiro atoms. The third-order valence-corrected chi connectivity index (χ3v) is 7.61. The van der Waals surface area contributed by atoms with Crippen molar-refractivity contribution in [3.05, 3.63) is 28.9 Å². The third kappa shape index (κ3) is 1.94. The first kappa shape index (κ1) is 17.3. The molecule has 0 aromatic carbocycles. The molecule has 137 valence electrons. The molecule has 3 aliphatic heterocycles. The standard InChI is InChI=1S/C20H27N2O.C2H6/c1-3-20-10-6-11-21-12-9-15-14-7-4-5-8-16(14)22(13-17(20)23)18(15)19(20,21)2;1-2/h7H,3-6,8-13H2,1-2H3;1-2H3/t19-,20-;/m0./s1. The predicted octanol–water partition coefficient (Wildman–Crippen LogP) is 4.25. The first-order valence-corrected chi connectivity index (χ1v) is 10.5. The Balaban J connectivity index is 0.000000758. The summed E-state index contributed by atoms with van der Waals surface area (Å²) in [6.07, 6.45) is 10.5. The van der Waals surface area contributed by atoms with Crippen molar-refractivity contribution in [2.24, 2.45) is 5.41 Å². The van der Waals surface area contributed by atoms with Crippen molar-refractivity contribution in [1.29, 1.82) is 0 Å². The molecule has 1 saturated heterocycles. The van der Waals surface area contributed by atoms with E-state index in [1.54, 1.807) is 5.56 Å². The maximum Gasteiger partial charge on any atom is 0.160 e. The van der Waals surface area contributed by atoms with Crippen LogP contribution < -0.4 is 0 Å². The smallest absolute Gasteiger partial charge is 0.160 e. The number of rotatable bonds is 1. The summed E-state index contributed by atoms with van der Waals surface area (Å²) in [5.41, 5.74) is 5.86. The lowest BCUT2D eigenvalue weighted by Crippen LogP contribution is -2.67. The van der Waals surface area contributed by atoms with E-state index in [2.05, 4.69) is 29.7 Å². The number of hydrogen-bond donors (Lipinski definition) is 0. The van der Waals surface area contributed by atoms with Crippen molar-refractivity contribution in [3.8, 4) is 0 Å². The van der Waals surface area contributed by atoms with Crippen LogP contribution in [-0.4, -0.2) is 28.3 Å². The first-order chi connectivity index (χ1) is 12.1. The molecule has 3 heteroatoms. The van der Waals surface area contributed by atoms with Crippen LogP contribution >= 0.6 is 0 Å². The summed E-state index contributed by atoms with van der Waals surface area (Å²) in [4.78, 5) is 16.0. The highest BCUT2D eigenvalue weighted by Gasteiger charge is 2.63. The summed E-state index contributed by atoms with van der Waals surface area (Å²) in [6, 6.07) is 0. The number of aromatic nitrogens is 1. The Labute approximate surface area is 152 Å². The summed E-state index contributed by atoms with van der Waals surface area (Å²) in [6.45, 7) is 11.5. The van der Waals surface area contributed by atoms with Gasteiger partial charge in [0.25, 0.3) is 0 Å². The molecule has 1 radical (unpaired) electrons. The third-order valence-electron chi connectivity index (χ3n) is 7.61. The van der Waals surface area contributed by atoms with Gasteiger partial charge in [-0.2, -0.15) is 0 Å². The van der Waals surface area contributed by atoms with Gasteiger partial charge in [-0.15, -0.1) is 0 Å². The average molecular weight is 342 g/mol. The Morgan fingerprint density at radius 2 is 1.96 bits per heavy atom. The van der Waals surface area contributed by atoms with Crippen LogP contribution in [0.15, 0.2) is 0 Å². The molecule has 4 heterocycles.